The normalized spacial score (nSPS) is 11.9. The zero-order valence-corrected chi connectivity index (χ0v) is 10.1. The first-order valence-corrected chi connectivity index (χ1v) is 5.50. The third kappa shape index (κ3) is 3.76. The van der Waals surface area contributed by atoms with Gasteiger partial charge in [-0.1, -0.05) is 18.2 Å². The summed E-state index contributed by atoms with van der Waals surface area (Å²) in [6.45, 7) is 4.02. The zero-order chi connectivity index (χ0) is 12.7. The van der Waals surface area contributed by atoms with Gasteiger partial charge in [0.25, 0.3) is 0 Å². The minimum absolute atomic E-state index is 0.154. The van der Waals surface area contributed by atoms with Crippen LogP contribution in [0.4, 0.5) is 0 Å². The Bertz CT molecular complexity index is 366. The zero-order valence-electron chi connectivity index (χ0n) is 10.1. The van der Waals surface area contributed by atoms with Crippen molar-refractivity contribution >= 4 is 0 Å². The first kappa shape index (κ1) is 13.5. The third-order valence-electron chi connectivity index (χ3n) is 2.34. The molecule has 0 aromatic heterocycles. The lowest BCUT2D eigenvalue weighted by Gasteiger charge is -2.16. The number of hydrogen-bond acceptors (Lipinski definition) is 4. The van der Waals surface area contributed by atoms with Gasteiger partial charge in [0.05, 0.1) is 7.11 Å². The molecule has 0 bridgehead atoms. The predicted molar refractivity (Wildman–Crippen MR) is 67.5 cm³/mol. The molecular weight excluding hydrogens is 218 g/mol. The molecule has 4 heteroatoms. The summed E-state index contributed by atoms with van der Waals surface area (Å²) in [4.78, 5) is 0. The Morgan fingerprint density at radius 3 is 2.88 bits per heavy atom. The minimum atomic E-state index is -0.670. The monoisotopic (exact) mass is 237 g/mol. The van der Waals surface area contributed by atoms with Gasteiger partial charge in [0.15, 0.2) is 11.5 Å². The van der Waals surface area contributed by atoms with Gasteiger partial charge in [-0.05, 0) is 12.5 Å². The summed E-state index contributed by atoms with van der Waals surface area (Å²) in [5.74, 6) is 1.29. The van der Waals surface area contributed by atoms with Crippen LogP contribution in [-0.2, 0) is 6.42 Å². The van der Waals surface area contributed by atoms with Crippen LogP contribution in [0.15, 0.2) is 30.9 Å². The summed E-state index contributed by atoms with van der Waals surface area (Å²) >= 11 is 0. The van der Waals surface area contributed by atoms with Crippen LogP contribution in [0, 0.1) is 0 Å². The number of aliphatic hydroxyl groups excluding tert-OH is 1. The largest absolute Gasteiger partial charge is 0.493 e. The first-order chi connectivity index (χ1) is 8.22. The standard InChI is InChI=1S/C13H19NO3/c1-3-5-10-6-4-7-12(16-2)13(10)17-9-11(15)8-14/h3-4,6-7,11,15H,1,5,8-9,14H2,2H3. The highest BCUT2D eigenvalue weighted by atomic mass is 16.5. The van der Waals surface area contributed by atoms with E-state index in [2.05, 4.69) is 6.58 Å². The molecule has 1 aromatic rings. The van der Waals surface area contributed by atoms with Gasteiger partial charge in [-0.15, -0.1) is 6.58 Å². The van der Waals surface area contributed by atoms with E-state index in [0.29, 0.717) is 17.9 Å². The number of rotatable bonds is 7. The van der Waals surface area contributed by atoms with Crippen LogP contribution in [-0.4, -0.2) is 31.5 Å². The molecule has 17 heavy (non-hydrogen) atoms. The quantitative estimate of drug-likeness (QED) is 0.698. The summed E-state index contributed by atoms with van der Waals surface area (Å²) in [6.07, 6.45) is 1.81. The summed E-state index contributed by atoms with van der Waals surface area (Å²) in [5.41, 5.74) is 6.30. The van der Waals surface area contributed by atoms with Crippen molar-refractivity contribution in [1.29, 1.82) is 0 Å². The fraction of sp³-hybridized carbons (Fsp3) is 0.385. The number of methoxy groups -OCH3 is 1. The van der Waals surface area contributed by atoms with Crippen LogP contribution >= 0.6 is 0 Å². The highest BCUT2D eigenvalue weighted by Crippen LogP contribution is 2.31. The Kier molecular flexibility index (Phi) is 5.52. The first-order valence-electron chi connectivity index (χ1n) is 5.50. The van der Waals surface area contributed by atoms with E-state index in [4.69, 9.17) is 15.2 Å². The third-order valence-corrected chi connectivity index (χ3v) is 2.34. The molecular formula is C13H19NO3. The summed E-state index contributed by atoms with van der Waals surface area (Å²) in [7, 11) is 1.58. The van der Waals surface area contributed by atoms with Gasteiger partial charge in [-0.2, -0.15) is 0 Å². The van der Waals surface area contributed by atoms with E-state index in [1.54, 1.807) is 13.2 Å². The van der Waals surface area contributed by atoms with Crippen molar-refractivity contribution in [3.63, 3.8) is 0 Å². The fourth-order valence-electron chi connectivity index (χ4n) is 1.45. The van der Waals surface area contributed by atoms with Crippen LogP contribution in [0.2, 0.25) is 0 Å². The second-order valence-corrected chi connectivity index (χ2v) is 3.64. The number of aliphatic hydroxyl groups is 1. The van der Waals surface area contributed by atoms with Gasteiger partial charge in [-0.3, -0.25) is 0 Å². The average Bonchev–Trinajstić information content (AvgIpc) is 2.36. The summed E-state index contributed by atoms with van der Waals surface area (Å²) < 4.78 is 10.8. The molecule has 0 spiro atoms. The van der Waals surface area contributed by atoms with E-state index in [9.17, 15) is 5.11 Å². The van der Waals surface area contributed by atoms with Gasteiger partial charge in [-0.25, -0.2) is 0 Å². The lowest BCUT2D eigenvalue weighted by molar-refractivity contribution is 0.112. The van der Waals surface area contributed by atoms with Gasteiger partial charge in [0.1, 0.15) is 12.7 Å². The van der Waals surface area contributed by atoms with Gasteiger partial charge in [0.2, 0.25) is 0 Å². The van der Waals surface area contributed by atoms with E-state index in [1.807, 2.05) is 18.2 Å². The maximum Gasteiger partial charge on any atom is 0.164 e. The topological polar surface area (TPSA) is 64.7 Å². The number of hydrogen-bond donors (Lipinski definition) is 2. The second kappa shape index (κ2) is 6.93. The number of benzene rings is 1. The molecule has 3 N–H and O–H groups in total. The van der Waals surface area contributed by atoms with Crippen molar-refractivity contribution in [3.8, 4) is 11.5 Å². The van der Waals surface area contributed by atoms with Gasteiger partial charge < -0.3 is 20.3 Å². The van der Waals surface area contributed by atoms with Crippen molar-refractivity contribution < 1.29 is 14.6 Å². The molecule has 0 fully saturated rings. The van der Waals surface area contributed by atoms with Crippen molar-refractivity contribution in [2.45, 2.75) is 12.5 Å². The van der Waals surface area contributed by atoms with Crippen molar-refractivity contribution in [2.75, 3.05) is 20.3 Å². The number of para-hydroxylation sites is 1. The molecule has 0 saturated carbocycles. The molecule has 0 amide bonds. The highest BCUT2D eigenvalue weighted by Gasteiger charge is 2.11. The molecule has 0 aliphatic carbocycles. The molecule has 0 saturated heterocycles. The van der Waals surface area contributed by atoms with E-state index >= 15 is 0 Å². The molecule has 1 rings (SSSR count). The average molecular weight is 237 g/mol. The number of allylic oxidation sites excluding steroid dienone is 1. The Morgan fingerprint density at radius 2 is 2.29 bits per heavy atom. The lowest BCUT2D eigenvalue weighted by atomic mass is 10.1. The Morgan fingerprint density at radius 1 is 1.53 bits per heavy atom. The molecule has 0 heterocycles. The van der Waals surface area contributed by atoms with Crippen LogP contribution in [0.25, 0.3) is 0 Å². The molecule has 1 unspecified atom stereocenters. The van der Waals surface area contributed by atoms with Crippen LogP contribution in [0.1, 0.15) is 5.56 Å². The summed E-state index contributed by atoms with van der Waals surface area (Å²) in [5, 5.41) is 9.39. The molecule has 1 aromatic carbocycles. The predicted octanol–water partition coefficient (Wildman–Crippen LogP) is 1.12. The van der Waals surface area contributed by atoms with Crippen LogP contribution in [0.5, 0.6) is 11.5 Å². The van der Waals surface area contributed by atoms with Crippen LogP contribution in [0.3, 0.4) is 0 Å². The SMILES string of the molecule is C=CCc1cccc(OC)c1OCC(O)CN. The molecule has 94 valence electrons. The van der Waals surface area contributed by atoms with E-state index < -0.39 is 6.10 Å². The van der Waals surface area contributed by atoms with E-state index in [1.165, 1.54) is 0 Å². The summed E-state index contributed by atoms with van der Waals surface area (Å²) in [6, 6.07) is 5.65. The Hall–Kier alpha value is -1.52. The lowest BCUT2D eigenvalue weighted by Crippen LogP contribution is -2.26. The maximum atomic E-state index is 9.39. The minimum Gasteiger partial charge on any atom is -0.493 e. The van der Waals surface area contributed by atoms with E-state index in [0.717, 1.165) is 5.56 Å². The van der Waals surface area contributed by atoms with E-state index in [-0.39, 0.29) is 13.2 Å². The van der Waals surface area contributed by atoms with Crippen molar-refractivity contribution in [1.82, 2.24) is 0 Å². The molecule has 4 nitrogen and oxygen atoms in total. The Balaban J connectivity index is 2.88. The van der Waals surface area contributed by atoms with Crippen molar-refractivity contribution in [2.24, 2.45) is 5.73 Å². The van der Waals surface area contributed by atoms with Gasteiger partial charge >= 0.3 is 0 Å². The smallest absolute Gasteiger partial charge is 0.164 e. The Labute approximate surface area is 102 Å². The molecule has 1 atom stereocenters. The van der Waals surface area contributed by atoms with Crippen LogP contribution < -0.4 is 15.2 Å². The van der Waals surface area contributed by atoms with Crippen molar-refractivity contribution in [3.05, 3.63) is 36.4 Å². The molecule has 0 radical (unpaired) electrons. The maximum absolute atomic E-state index is 9.39. The molecule has 0 aliphatic heterocycles. The highest BCUT2D eigenvalue weighted by molar-refractivity contribution is 5.47. The van der Waals surface area contributed by atoms with Gasteiger partial charge in [0, 0.05) is 12.1 Å². The fourth-order valence-corrected chi connectivity index (χ4v) is 1.45. The number of ether oxygens (including phenoxy) is 2. The number of nitrogens with two attached hydrogens (primary N) is 1. The molecule has 0 aliphatic rings. The second-order valence-electron chi connectivity index (χ2n) is 3.64.